The van der Waals surface area contributed by atoms with Gasteiger partial charge in [0.15, 0.2) is 5.70 Å². The Morgan fingerprint density at radius 2 is 1.79 bits per heavy atom. The van der Waals surface area contributed by atoms with Crippen LogP contribution in [0.2, 0.25) is 0 Å². The van der Waals surface area contributed by atoms with Crippen LogP contribution in [0, 0.1) is 5.82 Å². The highest BCUT2D eigenvalue weighted by molar-refractivity contribution is 6.12. The van der Waals surface area contributed by atoms with Gasteiger partial charge in [0, 0.05) is 5.56 Å². The Balaban J connectivity index is 1.89. The van der Waals surface area contributed by atoms with E-state index >= 15 is 0 Å². The van der Waals surface area contributed by atoms with Gasteiger partial charge >= 0.3 is 5.97 Å². The maximum absolute atomic E-state index is 13.2. The van der Waals surface area contributed by atoms with E-state index in [-0.39, 0.29) is 22.8 Å². The molecule has 1 aliphatic rings. The van der Waals surface area contributed by atoms with Gasteiger partial charge in [-0.15, -0.1) is 0 Å². The molecule has 4 heteroatoms. The summed E-state index contributed by atoms with van der Waals surface area (Å²) in [5.74, 6) is -0.630. The molecular formula is C20H18FNO2. The minimum atomic E-state index is -0.533. The second-order valence-corrected chi connectivity index (χ2v) is 6.72. The molecule has 3 nitrogen and oxygen atoms in total. The number of benzene rings is 2. The van der Waals surface area contributed by atoms with Crippen LogP contribution in [0.5, 0.6) is 0 Å². The molecule has 0 aliphatic carbocycles. The molecule has 0 N–H and O–H groups in total. The Hall–Kier alpha value is -2.75. The first-order valence-electron chi connectivity index (χ1n) is 7.72. The van der Waals surface area contributed by atoms with E-state index in [1.165, 1.54) is 23.8 Å². The van der Waals surface area contributed by atoms with Gasteiger partial charge in [-0.1, -0.05) is 45.0 Å². The third kappa shape index (κ3) is 3.43. The summed E-state index contributed by atoms with van der Waals surface area (Å²) in [6, 6.07) is 13.7. The predicted octanol–water partition coefficient (Wildman–Crippen LogP) is 4.47. The Labute approximate surface area is 140 Å². The predicted molar refractivity (Wildman–Crippen MR) is 92.1 cm³/mol. The SMILES string of the molecule is CC(C)(C)c1ccc(C2=N/C(=C/c3cccc(F)c3)C(=O)O2)cc1. The van der Waals surface area contributed by atoms with E-state index < -0.39 is 5.97 Å². The number of aliphatic imine (C=N–C) groups is 1. The van der Waals surface area contributed by atoms with Crippen molar-refractivity contribution in [2.75, 3.05) is 0 Å². The molecule has 0 unspecified atom stereocenters. The summed E-state index contributed by atoms with van der Waals surface area (Å²) in [7, 11) is 0. The molecule has 2 aromatic carbocycles. The highest BCUT2D eigenvalue weighted by atomic mass is 19.1. The number of halogens is 1. The minimum absolute atomic E-state index is 0.0507. The number of hydrogen-bond acceptors (Lipinski definition) is 3. The zero-order valence-corrected chi connectivity index (χ0v) is 13.8. The van der Waals surface area contributed by atoms with Gasteiger partial charge in [-0.2, -0.15) is 0 Å². The third-order valence-electron chi connectivity index (χ3n) is 3.77. The van der Waals surface area contributed by atoms with Crippen molar-refractivity contribution in [3.63, 3.8) is 0 Å². The molecule has 0 spiro atoms. The molecule has 1 heterocycles. The minimum Gasteiger partial charge on any atom is -0.402 e. The quantitative estimate of drug-likeness (QED) is 0.604. The van der Waals surface area contributed by atoms with E-state index in [1.54, 1.807) is 12.1 Å². The number of rotatable bonds is 2. The number of carbonyl (C=O) groups is 1. The van der Waals surface area contributed by atoms with Crippen LogP contribution in [-0.2, 0) is 14.9 Å². The molecule has 0 aromatic heterocycles. The molecule has 0 fully saturated rings. The topological polar surface area (TPSA) is 38.7 Å². The Morgan fingerprint density at radius 1 is 1.08 bits per heavy atom. The van der Waals surface area contributed by atoms with E-state index in [9.17, 15) is 9.18 Å². The van der Waals surface area contributed by atoms with E-state index in [2.05, 4.69) is 25.8 Å². The fraction of sp³-hybridized carbons (Fsp3) is 0.200. The number of ether oxygens (including phenoxy) is 1. The van der Waals surface area contributed by atoms with Crippen LogP contribution in [0.3, 0.4) is 0 Å². The average molecular weight is 323 g/mol. The lowest BCUT2D eigenvalue weighted by Gasteiger charge is -2.18. The fourth-order valence-corrected chi connectivity index (χ4v) is 2.40. The lowest BCUT2D eigenvalue weighted by atomic mass is 9.87. The monoisotopic (exact) mass is 323 g/mol. The molecule has 0 saturated heterocycles. The molecule has 0 atom stereocenters. The molecule has 2 aromatic rings. The van der Waals surface area contributed by atoms with Crippen LogP contribution in [0.25, 0.3) is 6.08 Å². The number of hydrogen-bond donors (Lipinski definition) is 0. The van der Waals surface area contributed by atoms with Crippen molar-refractivity contribution in [3.8, 4) is 0 Å². The molecule has 3 rings (SSSR count). The molecule has 0 saturated carbocycles. The standard InChI is InChI=1S/C20H18FNO2/c1-20(2,3)15-9-7-14(8-10-15)18-22-17(19(23)24-18)12-13-5-4-6-16(21)11-13/h4-12H,1-3H3/b17-12+. The lowest BCUT2D eigenvalue weighted by molar-refractivity contribution is -0.129. The van der Waals surface area contributed by atoms with Gasteiger partial charge in [0.25, 0.3) is 0 Å². The number of cyclic esters (lactones) is 1. The highest BCUT2D eigenvalue weighted by Crippen LogP contribution is 2.24. The van der Waals surface area contributed by atoms with Crippen LogP contribution < -0.4 is 0 Å². The van der Waals surface area contributed by atoms with Crippen LogP contribution in [0.1, 0.15) is 37.5 Å². The van der Waals surface area contributed by atoms with Crippen molar-refractivity contribution >= 4 is 17.9 Å². The summed E-state index contributed by atoms with van der Waals surface area (Å²) in [5, 5.41) is 0. The van der Waals surface area contributed by atoms with Crippen LogP contribution >= 0.6 is 0 Å². The second-order valence-electron chi connectivity index (χ2n) is 6.72. The summed E-state index contributed by atoms with van der Waals surface area (Å²) in [5.41, 5.74) is 2.70. The van der Waals surface area contributed by atoms with Gasteiger partial charge in [-0.25, -0.2) is 14.2 Å². The van der Waals surface area contributed by atoms with Gasteiger partial charge < -0.3 is 4.74 Å². The first kappa shape index (κ1) is 16.1. The van der Waals surface area contributed by atoms with E-state index in [1.807, 2.05) is 24.3 Å². The second kappa shape index (κ2) is 6.04. The van der Waals surface area contributed by atoms with Crippen molar-refractivity contribution in [1.82, 2.24) is 0 Å². The van der Waals surface area contributed by atoms with Crippen LogP contribution in [0.4, 0.5) is 4.39 Å². The lowest BCUT2D eigenvalue weighted by Crippen LogP contribution is -2.11. The van der Waals surface area contributed by atoms with Gasteiger partial charge in [-0.05, 0) is 46.9 Å². The smallest absolute Gasteiger partial charge is 0.363 e. The Bertz CT molecular complexity index is 843. The number of carbonyl (C=O) groups excluding carboxylic acids is 1. The molecule has 1 aliphatic heterocycles. The molecule has 0 bridgehead atoms. The van der Waals surface area contributed by atoms with Crippen LogP contribution in [0.15, 0.2) is 59.2 Å². The molecular weight excluding hydrogens is 305 g/mol. The summed E-state index contributed by atoms with van der Waals surface area (Å²) >= 11 is 0. The maximum Gasteiger partial charge on any atom is 0.363 e. The van der Waals surface area contributed by atoms with E-state index in [4.69, 9.17) is 4.74 Å². The number of nitrogens with zero attached hydrogens (tertiary/aromatic N) is 1. The fourth-order valence-electron chi connectivity index (χ4n) is 2.40. The molecule has 0 amide bonds. The summed E-state index contributed by atoms with van der Waals surface area (Å²) in [4.78, 5) is 16.2. The van der Waals surface area contributed by atoms with Gasteiger partial charge in [0.2, 0.25) is 5.90 Å². The van der Waals surface area contributed by atoms with Crippen molar-refractivity contribution < 1.29 is 13.9 Å². The van der Waals surface area contributed by atoms with Gasteiger partial charge in [-0.3, -0.25) is 0 Å². The van der Waals surface area contributed by atoms with Crippen LogP contribution in [-0.4, -0.2) is 11.9 Å². The molecule has 24 heavy (non-hydrogen) atoms. The summed E-state index contributed by atoms with van der Waals surface area (Å²) in [6.07, 6.45) is 1.52. The molecule has 122 valence electrons. The first-order valence-corrected chi connectivity index (χ1v) is 7.72. The summed E-state index contributed by atoms with van der Waals surface area (Å²) < 4.78 is 18.5. The zero-order valence-electron chi connectivity index (χ0n) is 13.8. The van der Waals surface area contributed by atoms with Crippen molar-refractivity contribution in [3.05, 3.63) is 76.7 Å². The first-order chi connectivity index (χ1) is 11.3. The largest absolute Gasteiger partial charge is 0.402 e. The van der Waals surface area contributed by atoms with Gasteiger partial charge in [0.05, 0.1) is 0 Å². The third-order valence-corrected chi connectivity index (χ3v) is 3.77. The normalized spacial score (nSPS) is 16.2. The Morgan fingerprint density at radius 3 is 2.42 bits per heavy atom. The van der Waals surface area contributed by atoms with Crippen molar-refractivity contribution in [2.24, 2.45) is 4.99 Å². The Kier molecular flexibility index (Phi) is 4.06. The average Bonchev–Trinajstić information content (AvgIpc) is 2.88. The van der Waals surface area contributed by atoms with Crippen molar-refractivity contribution in [2.45, 2.75) is 26.2 Å². The number of esters is 1. The zero-order chi connectivity index (χ0) is 17.3. The highest BCUT2D eigenvalue weighted by Gasteiger charge is 2.24. The van der Waals surface area contributed by atoms with Crippen molar-refractivity contribution in [1.29, 1.82) is 0 Å². The maximum atomic E-state index is 13.2. The summed E-state index contributed by atoms with van der Waals surface area (Å²) in [6.45, 7) is 6.40. The molecule has 0 radical (unpaired) electrons. The van der Waals surface area contributed by atoms with E-state index in [0.717, 1.165) is 5.56 Å². The van der Waals surface area contributed by atoms with Gasteiger partial charge in [0.1, 0.15) is 5.82 Å². The van der Waals surface area contributed by atoms with E-state index in [0.29, 0.717) is 5.56 Å².